The van der Waals surface area contributed by atoms with Crippen LogP contribution in [0.15, 0.2) is 0 Å². The third-order valence-electron chi connectivity index (χ3n) is 1.38. The van der Waals surface area contributed by atoms with Gasteiger partial charge in [0.2, 0.25) is 0 Å². The maximum atomic E-state index is 8.90. The van der Waals surface area contributed by atoms with Gasteiger partial charge in [0.15, 0.2) is 0 Å². The minimum Gasteiger partial charge on any atom is -0.393 e. The fraction of sp³-hybridized carbons (Fsp3) is 1.00. The van der Waals surface area contributed by atoms with Gasteiger partial charge in [-0.2, -0.15) is 5.48 Å². The molecule has 0 spiro atoms. The zero-order chi connectivity index (χ0) is 8.15. The molecule has 0 rings (SSSR count). The number of hydrogen-bond acceptors (Lipinski definition) is 4. The maximum Gasteiger partial charge on any atom is 0.129 e. The van der Waals surface area contributed by atoms with Crippen molar-refractivity contribution in [1.82, 2.24) is 5.48 Å². The van der Waals surface area contributed by atoms with Crippen LogP contribution in [0.5, 0.6) is 0 Å². The highest BCUT2D eigenvalue weighted by atomic mass is 16.5. The number of hydrogen-bond donors (Lipinski definition) is 4. The number of hydroxylamine groups is 1. The molecule has 4 heteroatoms. The van der Waals surface area contributed by atoms with Gasteiger partial charge in [0.25, 0.3) is 0 Å². The van der Waals surface area contributed by atoms with Gasteiger partial charge in [-0.25, -0.2) is 0 Å². The number of aliphatic hydroxyl groups is 2. The van der Waals surface area contributed by atoms with Crippen molar-refractivity contribution in [2.24, 2.45) is 5.92 Å². The topological polar surface area (TPSA) is 72.7 Å². The Morgan fingerprint density at radius 1 is 1.30 bits per heavy atom. The van der Waals surface area contributed by atoms with Crippen LogP contribution in [-0.2, 0) is 0 Å². The first-order valence-corrected chi connectivity index (χ1v) is 3.33. The van der Waals surface area contributed by atoms with E-state index in [9.17, 15) is 0 Å². The molecular weight excluding hydrogens is 134 g/mol. The zero-order valence-corrected chi connectivity index (χ0v) is 6.28. The fourth-order valence-electron chi connectivity index (χ4n) is 0.794. The van der Waals surface area contributed by atoms with E-state index in [2.05, 4.69) is 0 Å². The molecule has 62 valence electrons. The summed E-state index contributed by atoms with van der Waals surface area (Å²) >= 11 is 0. The predicted molar refractivity (Wildman–Crippen MR) is 36.4 cm³/mol. The lowest BCUT2D eigenvalue weighted by Crippen LogP contribution is -2.33. The monoisotopic (exact) mass is 149 g/mol. The van der Waals surface area contributed by atoms with Crippen molar-refractivity contribution >= 4 is 0 Å². The molecule has 0 fully saturated rings. The van der Waals surface area contributed by atoms with Gasteiger partial charge in [0.05, 0.1) is 6.10 Å². The first kappa shape index (κ1) is 9.84. The molecule has 4 nitrogen and oxygen atoms in total. The average Bonchev–Trinajstić information content (AvgIpc) is 1.85. The van der Waals surface area contributed by atoms with Crippen LogP contribution in [0.3, 0.4) is 0 Å². The molecular formula is C6H15NO3. The summed E-state index contributed by atoms with van der Waals surface area (Å²) in [6.45, 7) is 3.38. The Morgan fingerprint density at radius 2 is 1.80 bits per heavy atom. The second-order valence-corrected chi connectivity index (χ2v) is 2.64. The highest BCUT2D eigenvalue weighted by Gasteiger charge is 2.14. The molecule has 0 aromatic rings. The van der Waals surface area contributed by atoms with E-state index in [0.717, 1.165) is 0 Å². The first-order valence-electron chi connectivity index (χ1n) is 3.33. The molecule has 0 radical (unpaired) electrons. The summed E-state index contributed by atoms with van der Waals surface area (Å²) in [5, 5.41) is 26.0. The highest BCUT2D eigenvalue weighted by molar-refractivity contribution is 4.61. The third-order valence-corrected chi connectivity index (χ3v) is 1.38. The second kappa shape index (κ2) is 4.62. The summed E-state index contributed by atoms with van der Waals surface area (Å²) in [6.07, 6.45) is -0.929. The van der Waals surface area contributed by atoms with Crippen LogP contribution in [0, 0.1) is 5.92 Å². The predicted octanol–water partition coefficient (Wildman–Crippen LogP) is -0.309. The van der Waals surface area contributed by atoms with Crippen molar-refractivity contribution in [2.75, 3.05) is 0 Å². The van der Waals surface area contributed by atoms with Gasteiger partial charge in [-0.3, -0.25) is 0 Å². The van der Waals surface area contributed by atoms with Crippen LogP contribution in [0.2, 0.25) is 0 Å². The molecule has 0 amide bonds. The van der Waals surface area contributed by atoms with E-state index in [-0.39, 0.29) is 5.92 Å². The van der Waals surface area contributed by atoms with Gasteiger partial charge in [-0.1, -0.05) is 6.92 Å². The standard InChI is InChI=1S/C6H15NO3/c1-4(3-5(2)8)6(9)7-10/h4-10H,3H2,1-2H3. The SMILES string of the molecule is CC(O)CC(C)C(O)NO. The molecule has 0 bridgehead atoms. The maximum absolute atomic E-state index is 8.90. The van der Waals surface area contributed by atoms with Crippen LogP contribution in [0.1, 0.15) is 20.3 Å². The minimum absolute atomic E-state index is 0.148. The molecule has 0 saturated heterocycles. The summed E-state index contributed by atoms with van der Waals surface area (Å²) in [4.78, 5) is 0. The molecule has 3 atom stereocenters. The van der Waals surface area contributed by atoms with Gasteiger partial charge in [-0.15, -0.1) is 0 Å². The fourth-order valence-corrected chi connectivity index (χ4v) is 0.794. The van der Waals surface area contributed by atoms with Crippen molar-refractivity contribution in [3.63, 3.8) is 0 Å². The first-order chi connectivity index (χ1) is 4.57. The quantitative estimate of drug-likeness (QED) is 0.327. The van der Waals surface area contributed by atoms with Crippen LogP contribution in [0.4, 0.5) is 0 Å². The van der Waals surface area contributed by atoms with E-state index in [4.69, 9.17) is 15.4 Å². The lowest BCUT2D eigenvalue weighted by molar-refractivity contribution is -0.0395. The summed E-state index contributed by atoms with van der Waals surface area (Å²) in [7, 11) is 0. The lowest BCUT2D eigenvalue weighted by atomic mass is 10.0. The van der Waals surface area contributed by atoms with Crippen molar-refractivity contribution in [2.45, 2.75) is 32.6 Å². The van der Waals surface area contributed by atoms with E-state index in [1.165, 1.54) is 0 Å². The Hall–Kier alpha value is -0.160. The van der Waals surface area contributed by atoms with Crippen molar-refractivity contribution in [3.8, 4) is 0 Å². The number of aliphatic hydroxyl groups excluding tert-OH is 2. The van der Waals surface area contributed by atoms with Crippen molar-refractivity contribution < 1.29 is 15.4 Å². The summed E-state index contributed by atoms with van der Waals surface area (Å²) in [5.74, 6) is -0.148. The largest absolute Gasteiger partial charge is 0.393 e. The van der Waals surface area contributed by atoms with Crippen molar-refractivity contribution in [3.05, 3.63) is 0 Å². The molecule has 0 heterocycles. The summed E-state index contributed by atoms with van der Waals surface area (Å²) < 4.78 is 0. The molecule has 3 unspecified atom stereocenters. The van der Waals surface area contributed by atoms with E-state index < -0.39 is 12.3 Å². The Kier molecular flexibility index (Phi) is 4.55. The Labute approximate surface area is 60.5 Å². The number of nitrogens with one attached hydrogen (secondary N) is 1. The van der Waals surface area contributed by atoms with Gasteiger partial charge in [0.1, 0.15) is 6.23 Å². The minimum atomic E-state index is -0.949. The zero-order valence-electron chi connectivity index (χ0n) is 6.28. The summed E-state index contributed by atoms with van der Waals surface area (Å²) in [5.41, 5.74) is 1.71. The van der Waals surface area contributed by atoms with E-state index in [0.29, 0.717) is 6.42 Å². The molecule has 4 N–H and O–H groups in total. The second-order valence-electron chi connectivity index (χ2n) is 2.64. The third kappa shape index (κ3) is 3.79. The van der Waals surface area contributed by atoms with Gasteiger partial charge >= 0.3 is 0 Å². The normalized spacial score (nSPS) is 20.1. The molecule has 0 aromatic carbocycles. The van der Waals surface area contributed by atoms with Crippen LogP contribution in [-0.4, -0.2) is 27.8 Å². The summed E-state index contributed by atoms with van der Waals surface area (Å²) in [6, 6.07) is 0. The van der Waals surface area contributed by atoms with E-state index >= 15 is 0 Å². The molecule has 0 aliphatic heterocycles. The van der Waals surface area contributed by atoms with Crippen LogP contribution < -0.4 is 5.48 Å². The molecule has 0 aliphatic carbocycles. The Balaban J connectivity index is 3.50. The van der Waals surface area contributed by atoms with Crippen molar-refractivity contribution in [1.29, 1.82) is 0 Å². The van der Waals surface area contributed by atoms with Crippen LogP contribution in [0.25, 0.3) is 0 Å². The number of rotatable bonds is 4. The lowest BCUT2D eigenvalue weighted by Gasteiger charge is -2.17. The molecule has 0 saturated carbocycles. The van der Waals surface area contributed by atoms with Gasteiger partial charge in [0, 0.05) is 0 Å². The van der Waals surface area contributed by atoms with E-state index in [1.54, 1.807) is 19.3 Å². The van der Waals surface area contributed by atoms with E-state index in [1.807, 2.05) is 0 Å². The molecule has 10 heavy (non-hydrogen) atoms. The van der Waals surface area contributed by atoms with Gasteiger partial charge < -0.3 is 15.4 Å². The Morgan fingerprint density at radius 3 is 2.10 bits per heavy atom. The van der Waals surface area contributed by atoms with Crippen LogP contribution >= 0.6 is 0 Å². The van der Waals surface area contributed by atoms with Gasteiger partial charge in [-0.05, 0) is 19.3 Å². The molecule has 0 aliphatic rings. The highest BCUT2D eigenvalue weighted by Crippen LogP contribution is 2.07. The molecule has 0 aromatic heterocycles. The Bertz CT molecular complexity index is 87.1. The average molecular weight is 149 g/mol. The smallest absolute Gasteiger partial charge is 0.129 e.